The second-order valence-electron chi connectivity index (χ2n) is 2.87. The highest BCUT2D eigenvalue weighted by atomic mass is 32.1. The van der Waals surface area contributed by atoms with Crippen LogP contribution in [0.25, 0.3) is 0 Å². The molecule has 0 saturated heterocycles. The van der Waals surface area contributed by atoms with Gasteiger partial charge >= 0.3 is 0 Å². The minimum Gasteiger partial charge on any atom is -0.347 e. The van der Waals surface area contributed by atoms with Crippen LogP contribution >= 0.6 is 11.3 Å². The van der Waals surface area contributed by atoms with Gasteiger partial charge in [-0.05, 0) is 13.8 Å². The zero-order valence-corrected chi connectivity index (χ0v) is 8.52. The van der Waals surface area contributed by atoms with Crippen molar-refractivity contribution in [1.29, 1.82) is 0 Å². The molecule has 0 radical (unpaired) electrons. The molecule has 0 aliphatic carbocycles. The van der Waals surface area contributed by atoms with E-state index >= 15 is 0 Å². The smallest absolute Gasteiger partial charge is 0.271 e. The van der Waals surface area contributed by atoms with Gasteiger partial charge in [-0.3, -0.25) is 4.79 Å². The van der Waals surface area contributed by atoms with E-state index in [1.807, 2.05) is 13.8 Å². The number of aromatic nitrogens is 1. The van der Waals surface area contributed by atoms with Crippen molar-refractivity contribution in [2.45, 2.75) is 19.9 Å². The Labute approximate surface area is 81.2 Å². The standard InChI is InChI=1S/C8H13N3OS/c1-5(3-9)11-8(12)7-6(2)13-4-10-7/h4-5H,3,9H2,1-2H3,(H,11,12). The molecule has 1 atom stereocenters. The van der Waals surface area contributed by atoms with E-state index in [2.05, 4.69) is 10.3 Å². The zero-order chi connectivity index (χ0) is 9.84. The lowest BCUT2D eigenvalue weighted by Crippen LogP contribution is -2.38. The SMILES string of the molecule is Cc1scnc1C(=O)NC(C)CN. The summed E-state index contributed by atoms with van der Waals surface area (Å²) in [6.07, 6.45) is 0. The van der Waals surface area contributed by atoms with Crippen molar-refractivity contribution in [2.75, 3.05) is 6.54 Å². The molecular weight excluding hydrogens is 186 g/mol. The minimum absolute atomic E-state index is 0.00593. The molecule has 0 bridgehead atoms. The van der Waals surface area contributed by atoms with E-state index in [1.165, 1.54) is 11.3 Å². The topological polar surface area (TPSA) is 68.0 Å². The summed E-state index contributed by atoms with van der Waals surface area (Å²) in [5.74, 6) is -0.142. The predicted molar refractivity (Wildman–Crippen MR) is 52.8 cm³/mol. The molecular formula is C8H13N3OS. The van der Waals surface area contributed by atoms with Gasteiger partial charge in [-0.1, -0.05) is 0 Å². The average molecular weight is 199 g/mol. The molecule has 1 rings (SSSR count). The number of aryl methyl sites for hydroxylation is 1. The Bertz CT molecular complexity index is 297. The fourth-order valence-electron chi connectivity index (χ4n) is 0.874. The van der Waals surface area contributed by atoms with Gasteiger partial charge in [0.15, 0.2) is 0 Å². The van der Waals surface area contributed by atoms with E-state index in [9.17, 15) is 4.79 Å². The molecule has 0 aromatic carbocycles. The van der Waals surface area contributed by atoms with Crippen molar-refractivity contribution >= 4 is 17.2 Å². The van der Waals surface area contributed by atoms with Crippen LogP contribution in [-0.4, -0.2) is 23.5 Å². The van der Waals surface area contributed by atoms with Crippen molar-refractivity contribution in [3.63, 3.8) is 0 Å². The van der Waals surface area contributed by atoms with E-state index in [4.69, 9.17) is 5.73 Å². The number of amides is 1. The number of nitrogens with two attached hydrogens (primary N) is 1. The second-order valence-corrected chi connectivity index (χ2v) is 3.93. The summed E-state index contributed by atoms with van der Waals surface area (Å²) in [6, 6.07) is -0.00593. The zero-order valence-electron chi connectivity index (χ0n) is 7.70. The van der Waals surface area contributed by atoms with Crippen LogP contribution in [0.15, 0.2) is 5.51 Å². The van der Waals surface area contributed by atoms with Gasteiger partial charge in [0, 0.05) is 17.5 Å². The summed E-state index contributed by atoms with van der Waals surface area (Å²) in [4.78, 5) is 16.4. The Balaban J connectivity index is 2.64. The third kappa shape index (κ3) is 2.50. The van der Waals surface area contributed by atoms with E-state index < -0.39 is 0 Å². The third-order valence-corrected chi connectivity index (χ3v) is 2.45. The van der Waals surface area contributed by atoms with E-state index in [0.29, 0.717) is 12.2 Å². The molecule has 0 aliphatic heterocycles. The number of carbonyl (C=O) groups excluding carboxylic acids is 1. The average Bonchev–Trinajstić information content (AvgIpc) is 2.51. The summed E-state index contributed by atoms with van der Waals surface area (Å²) in [7, 11) is 0. The lowest BCUT2D eigenvalue weighted by molar-refractivity contribution is 0.0936. The first-order chi connectivity index (χ1) is 6.15. The van der Waals surface area contributed by atoms with Gasteiger partial charge in [0.25, 0.3) is 5.91 Å². The van der Waals surface area contributed by atoms with Crippen molar-refractivity contribution in [2.24, 2.45) is 5.73 Å². The first-order valence-corrected chi connectivity index (χ1v) is 4.94. The summed E-state index contributed by atoms with van der Waals surface area (Å²) in [5.41, 5.74) is 7.55. The third-order valence-electron chi connectivity index (χ3n) is 1.69. The Morgan fingerprint density at radius 1 is 1.85 bits per heavy atom. The van der Waals surface area contributed by atoms with Gasteiger partial charge in [-0.15, -0.1) is 11.3 Å². The van der Waals surface area contributed by atoms with Crippen molar-refractivity contribution in [3.8, 4) is 0 Å². The van der Waals surface area contributed by atoms with Gasteiger partial charge in [0.1, 0.15) is 5.69 Å². The molecule has 72 valence electrons. The van der Waals surface area contributed by atoms with Gasteiger partial charge < -0.3 is 11.1 Å². The summed E-state index contributed by atoms with van der Waals surface area (Å²) in [5, 5.41) is 2.75. The van der Waals surface area contributed by atoms with Crippen LogP contribution in [0.3, 0.4) is 0 Å². The van der Waals surface area contributed by atoms with E-state index in [0.717, 1.165) is 4.88 Å². The maximum absolute atomic E-state index is 11.5. The Morgan fingerprint density at radius 2 is 2.54 bits per heavy atom. The quantitative estimate of drug-likeness (QED) is 0.746. The lowest BCUT2D eigenvalue weighted by Gasteiger charge is -2.09. The Kier molecular flexibility index (Phi) is 3.39. The molecule has 3 N–H and O–H groups in total. The minimum atomic E-state index is -0.142. The summed E-state index contributed by atoms with van der Waals surface area (Å²) >= 11 is 1.46. The van der Waals surface area contributed by atoms with Crippen molar-refractivity contribution in [1.82, 2.24) is 10.3 Å². The molecule has 1 aromatic rings. The van der Waals surface area contributed by atoms with Gasteiger partial charge in [0.2, 0.25) is 0 Å². The molecule has 4 nitrogen and oxygen atoms in total. The molecule has 1 unspecified atom stereocenters. The Hall–Kier alpha value is -0.940. The molecule has 1 aromatic heterocycles. The normalized spacial score (nSPS) is 12.5. The molecule has 0 fully saturated rings. The van der Waals surface area contributed by atoms with Crippen LogP contribution in [0.4, 0.5) is 0 Å². The number of nitrogens with one attached hydrogen (secondary N) is 1. The lowest BCUT2D eigenvalue weighted by atomic mass is 10.3. The van der Waals surface area contributed by atoms with Crippen molar-refractivity contribution < 1.29 is 4.79 Å². The first-order valence-electron chi connectivity index (χ1n) is 4.06. The van der Waals surface area contributed by atoms with Gasteiger partial charge in [-0.2, -0.15) is 0 Å². The van der Waals surface area contributed by atoms with Crippen LogP contribution in [0.1, 0.15) is 22.3 Å². The largest absolute Gasteiger partial charge is 0.347 e. The monoisotopic (exact) mass is 199 g/mol. The molecule has 1 amide bonds. The number of hydrogen-bond acceptors (Lipinski definition) is 4. The van der Waals surface area contributed by atoms with Gasteiger partial charge in [0.05, 0.1) is 5.51 Å². The fraction of sp³-hybridized carbons (Fsp3) is 0.500. The van der Waals surface area contributed by atoms with E-state index in [-0.39, 0.29) is 11.9 Å². The molecule has 0 aliphatic rings. The summed E-state index contributed by atoms with van der Waals surface area (Å²) in [6.45, 7) is 4.17. The Morgan fingerprint density at radius 3 is 3.00 bits per heavy atom. The second kappa shape index (κ2) is 4.34. The molecule has 0 saturated carbocycles. The van der Waals surface area contributed by atoms with E-state index in [1.54, 1.807) is 5.51 Å². The number of thiazole rings is 1. The first kappa shape index (κ1) is 10.1. The molecule has 1 heterocycles. The fourth-order valence-corrected chi connectivity index (χ4v) is 1.45. The molecule has 0 spiro atoms. The highest BCUT2D eigenvalue weighted by Gasteiger charge is 2.13. The number of carbonyl (C=O) groups is 1. The van der Waals surface area contributed by atoms with Crippen LogP contribution in [0.5, 0.6) is 0 Å². The molecule has 13 heavy (non-hydrogen) atoms. The summed E-state index contributed by atoms with van der Waals surface area (Å²) < 4.78 is 0. The van der Waals surface area contributed by atoms with Crippen LogP contribution in [0, 0.1) is 6.92 Å². The number of hydrogen-bond donors (Lipinski definition) is 2. The van der Waals surface area contributed by atoms with Gasteiger partial charge in [-0.25, -0.2) is 4.98 Å². The van der Waals surface area contributed by atoms with Crippen LogP contribution < -0.4 is 11.1 Å². The maximum atomic E-state index is 11.5. The van der Waals surface area contributed by atoms with Crippen LogP contribution in [0.2, 0.25) is 0 Å². The highest BCUT2D eigenvalue weighted by molar-refractivity contribution is 7.09. The van der Waals surface area contributed by atoms with Crippen molar-refractivity contribution in [3.05, 3.63) is 16.1 Å². The highest BCUT2D eigenvalue weighted by Crippen LogP contribution is 2.10. The number of rotatable bonds is 3. The molecule has 5 heteroatoms. The predicted octanol–water partition coefficient (Wildman–Crippen LogP) is 0.529. The number of nitrogens with zero attached hydrogens (tertiary/aromatic N) is 1. The van der Waals surface area contributed by atoms with Crippen LogP contribution in [-0.2, 0) is 0 Å². The maximum Gasteiger partial charge on any atom is 0.271 e.